The number of hydrogen-bond donors (Lipinski definition) is 0. The molecule has 0 atom stereocenters. The molecule has 0 aromatic heterocycles. The highest BCUT2D eigenvalue weighted by Gasteiger charge is 2.10. The largest absolute Gasteiger partial charge is 0.486 e. The molecule has 0 saturated heterocycles. The highest BCUT2D eigenvalue weighted by molar-refractivity contribution is 5.79. The van der Waals surface area contributed by atoms with Gasteiger partial charge in [0, 0.05) is 6.42 Å². The molecular weight excluding hydrogens is 200 g/mol. The van der Waals surface area contributed by atoms with Crippen LogP contribution in [0, 0.1) is 0 Å². The topological polar surface area (TPSA) is 26.3 Å². The van der Waals surface area contributed by atoms with Crippen molar-refractivity contribution in [1.29, 1.82) is 0 Å². The van der Waals surface area contributed by atoms with E-state index in [9.17, 15) is 4.79 Å². The second-order valence-electron chi connectivity index (χ2n) is 4.32. The van der Waals surface area contributed by atoms with E-state index < -0.39 is 0 Å². The molecule has 0 heterocycles. The van der Waals surface area contributed by atoms with Crippen molar-refractivity contribution >= 4 is 5.78 Å². The van der Waals surface area contributed by atoms with Gasteiger partial charge in [-0.15, -0.1) is 0 Å². The van der Waals surface area contributed by atoms with E-state index in [4.69, 9.17) is 4.74 Å². The Morgan fingerprint density at radius 1 is 1.25 bits per heavy atom. The Hall–Kier alpha value is -1.31. The van der Waals surface area contributed by atoms with Gasteiger partial charge >= 0.3 is 0 Å². The van der Waals surface area contributed by atoms with Crippen LogP contribution in [0.4, 0.5) is 0 Å². The summed E-state index contributed by atoms with van der Waals surface area (Å²) in [4.78, 5) is 11.1. The molecule has 0 aliphatic heterocycles. The summed E-state index contributed by atoms with van der Waals surface area (Å²) in [5.74, 6) is 0.986. The molecule has 16 heavy (non-hydrogen) atoms. The van der Waals surface area contributed by atoms with Crippen molar-refractivity contribution < 1.29 is 9.53 Å². The van der Waals surface area contributed by atoms with E-state index in [1.54, 1.807) is 0 Å². The number of ketones is 1. The zero-order valence-electron chi connectivity index (χ0n) is 9.79. The van der Waals surface area contributed by atoms with Gasteiger partial charge in [0.1, 0.15) is 12.4 Å². The second-order valence-corrected chi connectivity index (χ2v) is 4.32. The Bertz CT molecular complexity index is 382. The Labute approximate surface area is 96.6 Å². The molecule has 0 amide bonds. The number of carbonyl (C=O) groups is 1. The summed E-state index contributed by atoms with van der Waals surface area (Å²) in [7, 11) is 0. The Balaban J connectivity index is 2.03. The average molecular weight is 218 g/mol. The van der Waals surface area contributed by atoms with Crippen LogP contribution >= 0.6 is 0 Å². The summed E-state index contributed by atoms with van der Waals surface area (Å²) in [5, 5.41) is 0. The third kappa shape index (κ3) is 2.63. The SMILES string of the molecule is CCC(=O)COc1ccc2c(c1)CCCC2. The molecular formula is C14H18O2. The number of rotatable bonds is 4. The van der Waals surface area contributed by atoms with Crippen molar-refractivity contribution in [2.45, 2.75) is 39.0 Å². The minimum atomic E-state index is 0.151. The number of aryl methyl sites for hydroxylation is 2. The lowest BCUT2D eigenvalue weighted by atomic mass is 9.92. The molecule has 1 aromatic carbocycles. The smallest absolute Gasteiger partial charge is 0.169 e. The summed E-state index contributed by atoms with van der Waals surface area (Å²) in [6.45, 7) is 2.06. The summed E-state index contributed by atoms with van der Waals surface area (Å²) < 4.78 is 5.48. The first kappa shape index (κ1) is 11.2. The molecule has 1 aromatic rings. The lowest BCUT2D eigenvalue weighted by Gasteiger charge is -2.16. The zero-order valence-corrected chi connectivity index (χ0v) is 9.79. The van der Waals surface area contributed by atoms with Crippen LogP contribution in [0.1, 0.15) is 37.3 Å². The van der Waals surface area contributed by atoms with E-state index >= 15 is 0 Å². The van der Waals surface area contributed by atoms with Crippen LogP contribution in [-0.2, 0) is 17.6 Å². The molecule has 2 rings (SSSR count). The van der Waals surface area contributed by atoms with Gasteiger partial charge in [0.25, 0.3) is 0 Å². The summed E-state index contributed by atoms with van der Waals surface area (Å²) in [5.41, 5.74) is 2.84. The van der Waals surface area contributed by atoms with Gasteiger partial charge in [0.05, 0.1) is 0 Å². The molecule has 0 N–H and O–H groups in total. The van der Waals surface area contributed by atoms with Gasteiger partial charge in [0.15, 0.2) is 5.78 Å². The molecule has 0 fully saturated rings. The van der Waals surface area contributed by atoms with E-state index in [2.05, 4.69) is 12.1 Å². The maximum atomic E-state index is 11.1. The Morgan fingerprint density at radius 2 is 2.00 bits per heavy atom. The fraction of sp³-hybridized carbons (Fsp3) is 0.500. The van der Waals surface area contributed by atoms with E-state index in [-0.39, 0.29) is 12.4 Å². The van der Waals surface area contributed by atoms with Gasteiger partial charge in [-0.05, 0) is 48.9 Å². The van der Waals surface area contributed by atoms with Crippen molar-refractivity contribution in [3.05, 3.63) is 29.3 Å². The highest BCUT2D eigenvalue weighted by atomic mass is 16.5. The third-order valence-corrected chi connectivity index (χ3v) is 3.11. The maximum absolute atomic E-state index is 11.1. The fourth-order valence-electron chi connectivity index (χ4n) is 2.07. The Morgan fingerprint density at radius 3 is 2.75 bits per heavy atom. The van der Waals surface area contributed by atoms with Crippen LogP contribution in [0.25, 0.3) is 0 Å². The van der Waals surface area contributed by atoms with Gasteiger partial charge in [-0.1, -0.05) is 13.0 Å². The molecule has 1 aliphatic carbocycles. The predicted octanol–water partition coefficient (Wildman–Crippen LogP) is 2.92. The second kappa shape index (κ2) is 5.15. The quantitative estimate of drug-likeness (QED) is 0.776. The van der Waals surface area contributed by atoms with Gasteiger partial charge in [-0.2, -0.15) is 0 Å². The van der Waals surface area contributed by atoms with Crippen LogP contribution in [0.3, 0.4) is 0 Å². The summed E-state index contributed by atoms with van der Waals surface area (Å²) in [6.07, 6.45) is 5.44. The van der Waals surface area contributed by atoms with Crippen molar-refractivity contribution in [3.8, 4) is 5.75 Å². The van der Waals surface area contributed by atoms with Crippen LogP contribution in [0.2, 0.25) is 0 Å². The van der Waals surface area contributed by atoms with Gasteiger partial charge < -0.3 is 4.74 Å². The lowest BCUT2D eigenvalue weighted by Crippen LogP contribution is -2.10. The van der Waals surface area contributed by atoms with Gasteiger partial charge in [0.2, 0.25) is 0 Å². The third-order valence-electron chi connectivity index (χ3n) is 3.11. The van der Waals surface area contributed by atoms with E-state index in [0.717, 1.165) is 12.2 Å². The molecule has 2 nitrogen and oxygen atoms in total. The normalized spacial score (nSPS) is 14.3. The number of fused-ring (bicyclic) bond motifs is 1. The van der Waals surface area contributed by atoms with E-state index in [1.807, 2.05) is 13.0 Å². The number of hydrogen-bond acceptors (Lipinski definition) is 2. The first-order valence-electron chi connectivity index (χ1n) is 6.06. The average Bonchev–Trinajstić information content (AvgIpc) is 2.35. The molecule has 0 spiro atoms. The number of ether oxygens (including phenoxy) is 1. The molecule has 0 unspecified atom stereocenters. The van der Waals surface area contributed by atoms with Crippen LogP contribution in [0.5, 0.6) is 5.75 Å². The monoisotopic (exact) mass is 218 g/mol. The molecule has 0 radical (unpaired) electrons. The first-order chi connectivity index (χ1) is 7.79. The zero-order chi connectivity index (χ0) is 11.4. The first-order valence-corrected chi connectivity index (χ1v) is 6.06. The Kier molecular flexibility index (Phi) is 3.60. The molecule has 0 saturated carbocycles. The van der Waals surface area contributed by atoms with Crippen molar-refractivity contribution in [2.24, 2.45) is 0 Å². The van der Waals surface area contributed by atoms with Gasteiger partial charge in [-0.25, -0.2) is 0 Å². The maximum Gasteiger partial charge on any atom is 0.169 e. The molecule has 0 bridgehead atoms. The van der Waals surface area contributed by atoms with E-state index in [0.29, 0.717) is 6.42 Å². The number of benzene rings is 1. The summed E-state index contributed by atoms with van der Waals surface area (Å²) >= 11 is 0. The van der Waals surface area contributed by atoms with Gasteiger partial charge in [-0.3, -0.25) is 4.79 Å². The molecule has 2 heteroatoms. The van der Waals surface area contributed by atoms with Crippen molar-refractivity contribution in [3.63, 3.8) is 0 Å². The minimum absolute atomic E-state index is 0.151. The fourth-order valence-corrected chi connectivity index (χ4v) is 2.07. The lowest BCUT2D eigenvalue weighted by molar-refractivity contribution is -0.120. The standard InChI is InChI=1S/C14H18O2/c1-2-13(15)10-16-14-8-7-11-5-3-4-6-12(11)9-14/h7-9H,2-6,10H2,1H3. The summed E-state index contributed by atoms with van der Waals surface area (Å²) in [6, 6.07) is 6.21. The molecule has 1 aliphatic rings. The van der Waals surface area contributed by atoms with Crippen LogP contribution in [-0.4, -0.2) is 12.4 Å². The highest BCUT2D eigenvalue weighted by Crippen LogP contribution is 2.25. The minimum Gasteiger partial charge on any atom is -0.486 e. The van der Waals surface area contributed by atoms with E-state index in [1.165, 1.54) is 30.4 Å². The van der Waals surface area contributed by atoms with Crippen molar-refractivity contribution in [2.75, 3.05) is 6.61 Å². The number of carbonyl (C=O) groups excluding carboxylic acids is 1. The van der Waals surface area contributed by atoms with Crippen LogP contribution in [0.15, 0.2) is 18.2 Å². The van der Waals surface area contributed by atoms with Crippen molar-refractivity contribution in [1.82, 2.24) is 0 Å². The molecule has 86 valence electrons. The number of Topliss-reactive ketones (excluding diaryl/α,β-unsaturated/α-hetero) is 1. The van der Waals surface area contributed by atoms with Crippen LogP contribution < -0.4 is 4.74 Å². The predicted molar refractivity (Wildman–Crippen MR) is 63.9 cm³/mol.